The van der Waals surface area contributed by atoms with Gasteiger partial charge in [-0.25, -0.2) is 13.1 Å². The van der Waals surface area contributed by atoms with Crippen molar-refractivity contribution in [2.75, 3.05) is 19.6 Å². The Hall–Kier alpha value is -0.130. The Morgan fingerprint density at radius 1 is 1.11 bits per heavy atom. The molecule has 0 unspecified atom stereocenters. The van der Waals surface area contributed by atoms with Crippen LogP contribution in [0.15, 0.2) is 0 Å². The minimum atomic E-state index is -3.10. The fraction of sp³-hybridized carbons (Fsp3) is 1.00. The third-order valence-electron chi connectivity index (χ3n) is 4.41. The van der Waals surface area contributed by atoms with Crippen molar-refractivity contribution in [2.45, 2.75) is 63.2 Å². The topological polar surface area (TPSA) is 49.4 Å². The van der Waals surface area contributed by atoms with E-state index in [1.165, 1.54) is 12.8 Å². The zero-order chi connectivity index (χ0) is 13.2. The maximum Gasteiger partial charge on any atom is 0.214 e. The number of rotatable bonds is 5. The zero-order valence-corrected chi connectivity index (χ0v) is 12.4. The standard InChI is InChI=1S/C13H26N2O2S/c1-13(2,15-9-5-6-10-15)11-14-18(16,17)12-7-3-4-8-12/h12,14H,3-11H2,1-2H3. The van der Waals surface area contributed by atoms with Gasteiger partial charge in [0.05, 0.1) is 5.25 Å². The second kappa shape index (κ2) is 5.47. The van der Waals surface area contributed by atoms with E-state index in [0.717, 1.165) is 38.8 Å². The number of hydrogen-bond donors (Lipinski definition) is 1. The molecule has 2 rings (SSSR count). The highest BCUT2D eigenvalue weighted by molar-refractivity contribution is 7.90. The van der Waals surface area contributed by atoms with Crippen LogP contribution in [-0.4, -0.2) is 43.7 Å². The van der Waals surface area contributed by atoms with Crippen molar-refractivity contribution in [3.63, 3.8) is 0 Å². The van der Waals surface area contributed by atoms with Gasteiger partial charge in [0.15, 0.2) is 0 Å². The molecule has 5 heteroatoms. The molecule has 0 spiro atoms. The summed E-state index contributed by atoms with van der Waals surface area (Å²) in [5, 5.41) is -0.146. The van der Waals surface area contributed by atoms with E-state index in [9.17, 15) is 8.42 Å². The fourth-order valence-corrected chi connectivity index (χ4v) is 4.77. The summed E-state index contributed by atoms with van der Waals surface area (Å²) >= 11 is 0. The van der Waals surface area contributed by atoms with Crippen molar-refractivity contribution < 1.29 is 8.42 Å². The summed E-state index contributed by atoms with van der Waals surface area (Å²) in [5.74, 6) is 0. The van der Waals surface area contributed by atoms with E-state index < -0.39 is 10.0 Å². The van der Waals surface area contributed by atoms with E-state index in [1.807, 2.05) is 0 Å². The Kier molecular flexibility index (Phi) is 4.34. The number of hydrogen-bond acceptors (Lipinski definition) is 3. The lowest BCUT2D eigenvalue weighted by molar-refractivity contribution is 0.158. The first kappa shape index (κ1) is 14.3. The summed E-state index contributed by atoms with van der Waals surface area (Å²) in [4.78, 5) is 2.39. The maximum atomic E-state index is 12.2. The van der Waals surface area contributed by atoms with Gasteiger partial charge in [0.2, 0.25) is 10.0 Å². The Morgan fingerprint density at radius 2 is 1.67 bits per heavy atom. The van der Waals surface area contributed by atoms with E-state index in [4.69, 9.17) is 0 Å². The lowest BCUT2D eigenvalue weighted by atomic mass is 10.0. The first-order valence-electron chi connectivity index (χ1n) is 7.15. The molecule has 0 radical (unpaired) electrons. The van der Waals surface area contributed by atoms with Crippen molar-refractivity contribution in [3.8, 4) is 0 Å². The van der Waals surface area contributed by atoms with Crippen LogP contribution in [0.25, 0.3) is 0 Å². The van der Waals surface area contributed by atoms with Gasteiger partial charge in [0.25, 0.3) is 0 Å². The molecule has 0 bridgehead atoms. The molecule has 0 aromatic rings. The van der Waals surface area contributed by atoms with E-state index in [1.54, 1.807) is 0 Å². The van der Waals surface area contributed by atoms with Crippen molar-refractivity contribution in [3.05, 3.63) is 0 Å². The van der Waals surface area contributed by atoms with Gasteiger partial charge in [0.1, 0.15) is 0 Å². The summed E-state index contributed by atoms with van der Waals surface area (Å²) in [6.45, 7) is 6.99. The largest absolute Gasteiger partial charge is 0.297 e. The number of nitrogens with zero attached hydrogens (tertiary/aromatic N) is 1. The van der Waals surface area contributed by atoms with Crippen LogP contribution in [0.4, 0.5) is 0 Å². The van der Waals surface area contributed by atoms with E-state index in [0.29, 0.717) is 6.54 Å². The summed E-state index contributed by atoms with van der Waals surface area (Å²) in [6, 6.07) is 0. The Bertz CT molecular complexity index is 366. The number of sulfonamides is 1. The molecule has 1 N–H and O–H groups in total. The molecule has 2 fully saturated rings. The number of nitrogens with one attached hydrogen (secondary N) is 1. The highest BCUT2D eigenvalue weighted by Crippen LogP contribution is 2.25. The molecule has 0 aromatic heterocycles. The molecule has 0 aromatic carbocycles. The van der Waals surface area contributed by atoms with Gasteiger partial charge in [0, 0.05) is 12.1 Å². The van der Waals surface area contributed by atoms with Crippen LogP contribution in [0.2, 0.25) is 0 Å². The van der Waals surface area contributed by atoms with Gasteiger partial charge in [-0.1, -0.05) is 12.8 Å². The van der Waals surface area contributed by atoms with Crippen LogP contribution in [-0.2, 0) is 10.0 Å². The van der Waals surface area contributed by atoms with E-state index in [2.05, 4.69) is 23.5 Å². The van der Waals surface area contributed by atoms with Gasteiger partial charge < -0.3 is 0 Å². The highest BCUT2D eigenvalue weighted by Gasteiger charge is 2.33. The first-order chi connectivity index (χ1) is 8.42. The summed E-state index contributed by atoms with van der Waals surface area (Å²) in [5.41, 5.74) is -0.0673. The molecule has 2 aliphatic rings. The molecule has 1 aliphatic carbocycles. The Balaban J connectivity index is 1.89. The average molecular weight is 274 g/mol. The summed E-state index contributed by atoms with van der Waals surface area (Å²) < 4.78 is 27.2. The van der Waals surface area contributed by atoms with E-state index in [-0.39, 0.29) is 10.8 Å². The SMILES string of the molecule is CC(C)(CNS(=O)(=O)C1CCCC1)N1CCCC1. The quantitative estimate of drug-likeness (QED) is 0.830. The lowest BCUT2D eigenvalue weighted by Gasteiger charge is -2.35. The number of likely N-dealkylation sites (tertiary alicyclic amines) is 1. The molecule has 18 heavy (non-hydrogen) atoms. The first-order valence-corrected chi connectivity index (χ1v) is 8.70. The molecule has 0 amide bonds. The minimum absolute atomic E-state index is 0.0673. The monoisotopic (exact) mass is 274 g/mol. The molecule has 0 atom stereocenters. The average Bonchev–Trinajstić information content (AvgIpc) is 2.99. The second-order valence-corrected chi connectivity index (χ2v) is 8.32. The van der Waals surface area contributed by atoms with Crippen LogP contribution in [0, 0.1) is 0 Å². The van der Waals surface area contributed by atoms with Crippen molar-refractivity contribution in [2.24, 2.45) is 0 Å². The third-order valence-corrected chi connectivity index (χ3v) is 6.30. The molecule has 1 saturated carbocycles. The van der Waals surface area contributed by atoms with Gasteiger partial charge in [-0.05, 0) is 52.6 Å². The van der Waals surface area contributed by atoms with Crippen LogP contribution >= 0.6 is 0 Å². The van der Waals surface area contributed by atoms with Gasteiger partial charge in [-0.3, -0.25) is 4.90 Å². The predicted octanol–water partition coefficient (Wildman–Crippen LogP) is 1.72. The predicted molar refractivity (Wildman–Crippen MR) is 74.1 cm³/mol. The molecule has 1 heterocycles. The van der Waals surface area contributed by atoms with Gasteiger partial charge >= 0.3 is 0 Å². The highest BCUT2D eigenvalue weighted by atomic mass is 32.2. The molecule has 1 saturated heterocycles. The van der Waals surface area contributed by atoms with Crippen LogP contribution in [0.1, 0.15) is 52.4 Å². The maximum absolute atomic E-state index is 12.2. The van der Waals surface area contributed by atoms with E-state index >= 15 is 0 Å². The molecule has 4 nitrogen and oxygen atoms in total. The molecule has 106 valence electrons. The summed E-state index contributed by atoms with van der Waals surface area (Å²) in [6.07, 6.45) is 6.25. The summed E-state index contributed by atoms with van der Waals surface area (Å²) in [7, 11) is -3.10. The van der Waals surface area contributed by atoms with Crippen molar-refractivity contribution in [1.29, 1.82) is 0 Å². The lowest BCUT2D eigenvalue weighted by Crippen LogP contribution is -2.51. The molecular weight excluding hydrogens is 248 g/mol. The van der Waals surface area contributed by atoms with Gasteiger partial charge in [-0.15, -0.1) is 0 Å². The Morgan fingerprint density at radius 3 is 2.22 bits per heavy atom. The van der Waals surface area contributed by atoms with Crippen LogP contribution in [0.5, 0.6) is 0 Å². The molecular formula is C13H26N2O2S. The fourth-order valence-electron chi connectivity index (χ4n) is 3.03. The van der Waals surface area contributed by atoms with Crippen molar-refractivity contribution >= 4 is 10.0 Å². The second-order valence-electron chi connectivity index (χ2n) is 6.28. The molecule has 1 aliphatic heterocycles. The smallest absolute Gasteiger partial charge is 0.214 e. The normalized spacial score (nSPS) is 23.9. The van der Waals surface area contributed by atoms with Gasteiger partial charge in [-0.2, -0.15) is 0 Å². The zero-order valence-electron chi connectivity index (χ0n) is 11.6. The van der Waals surface area contributed by atoms with Crippen LogP contribution < -0.4 is 4.72 Å². The Labute approximate surface area is 111 Å². The minimum Gasteiger partial charge on any atom is -0.297 e. The van der Waals surface area contributed by atoms with Crippen LogP contribution in [0.3, 0.4) is 0 Å². The van der Waals surface area contributed by atoms with Crippen molar-refractivity contribution in [1.82, 2.24) is 9.62 Å². The third kappa shape index (κ3) is 3.25.